The van der Waals surface area contributed by atoms with Gasteiger partial charge in [-0.15, -0.1) is 0 Å². The number of hydrogen-bond donors (Lipinski definition) is 0. The maximum atomic E-state index is 13.2. The molecule has 11 heteroatoms. The minimum absolute atomic E-state index is 0.114. The second-order valence-electron chi connectivity index (χ2n) is 9.06. The third-order valence-corrected chi connectivity index (χ3v) is 10.4. The molecule has 190 valence electrons. The lowest BCUT2D eigenvalue weighted by Crippen LogP contribution is -2.48. The first-order chi connectivity index (χ1) is 16.5. The summed E-state index contributed by atoms with van der Waals surface area (Å²) in [5, 5.41) is 0. The van der Waals surface area contributed by atoms with E-state index in [9.17, 15) is 21.6 Å². The number of anilines is 1. The van der Waals surface area contributed by atoms with Crippen LogP contribution in [0.3, 0.4) is 0 Å². The Kier molecular flexibility index (Phi) is 7.35. The molecular formula is C24H32N4O5S2. The molecule has 9 nitrogen and oxygen atoms in total. The zero-order valence-corrected chi connectivity index (χ0v) is 22.0. The van der Waals surface area contributed by atoms with Gasteiger partial charge >= 0.3 is 0 Å². The molecule has 1 saturated heterocycles. The first-order valence-corrected chi connectivity index (χ1v) is 14.7. The van der Waals surface area contributed by atoms with Crippen LogP contribution in [0.15, 0.2) is 47.4 Å². The summed E-state index contributed by atoms with van der Waals surface area (Å²) in [4.78, 5) is 17.3. The average molecular weight is 521 g/mol. The first-order valence-electron chi connectivity index (χ1n) is 11.7. The van der Waals surface area contributed by atoms with Crippen molar-refractivity contribution in [2.45, 2.75) is 24.8 Å². The molecule has 2 aliphatic heterocycles. The molecule has 2 aromatic rings. The largest absolute Gasteiger partial charge is 0.308 e. The van der Waals surface area contributed by atoms with Gasteiger partial charge in [-0.2, -0.15) is 4.31 Å². The van der Waals surface area contributed by atoms with Crippen LogP contribution in [-0.4, -0.2) is 88.8 Å². The average Bonchev–Trinajstić information content (AvgIpc) is 3.27. The normalized spacial score (nSPS) is 17.7. The van der Waals surface area contributed by atoms with E-state index in [1.807, 2.05) is 24.3 Å². The summed E-state index contributed by atoms with van der Waals surface area (Å²) < 4.78 is 51.7. The van der Waals surface area contributed by atoms with Gasteiger partial charge in [0.1, 0.15) is 0 Å². The second-order valence-corrected chi connectivity index (χ2v) is 13.5. The zero-order valence-electron chi connectivity index (χ0n) is 20.3. The highest BCUT2D eigenvalue weighted by atomic mass is 32.2. The molecular weight excluding hydrogens is 488 g/mol. The molecule has 1 fully saturated rings. The fraction of sp³-hybridized carbons (Fsp3) is 0.458. The number of rotatable bonds is 7. The molecule has 4 rings (SSSR count). The number of carbonyl (C=O) groups is 1. The van der Waals surface area contributed by atoms with Gasteiger partial charge in [-0.1, -0.05) is 12.1 Å². The van der Waals surface area contributed by atoms with Crippen LogP contribution in [0.25, 0.3) is 0 Å². The second kappa shape index (κ2) is 9.98. The standard InChI is InChI=1S/C24H32N4O5S2/c1-4-34(30,31)27-15-13-26(14-16-27)18-19-5-7-20(8-6-19)24(29)28-12-11-21-17-22(9-10-23(21)28)35(32,33)25(2)3/h5-10,17H,4,11-16,18H2,1-3H3. The molecule has 2 heterocycles. The summed E-state index contributed by atoms with van der Waals surface area (Å²) in [6.07, 6.45) is 0.607. The number of benzene rings is 2. The van der Waals surface area contributed by atoms with Crippen molar-refractivity contribution in [3.63, 3.8) is 0 Å². The monoisotopic (exact) mass is 520 g/mol. The Morgan fingerprint density at radius 1 is 0.914 bits per heavy atom. The van der Waals surface area contributed by atoms with E-state index in [0.29, 0.717) is 51.3 Å². The van der Waals surface area contributed by atoms with Gasteiger partial charge in [0.15, 0.2) is 0 Å². The van der Waals surface area contributed by atoms with Crippen molar-refractivity contribution < 1.29 is 21.6 Å². The summed E-state index contributed by atoms with van der Waals surface area (Å²) in [6, 6.07) is 12.4. The Morgan fingerprint density at radius 3 is 2.17 bits per heavy atom. The van der Waals surface area contributed by atoms with Gasteiger partial charge in [0, 0.05) is 64.6 Å². The van der Waals surface area contributed by atoms with Crippen molar-refractivity contribution in [3.8, 4) is 0 Å². The maximum Gasteiger partial charge on any atom is 0.258 e. The molecule has 0 aliphatic carbocycles. The van der Waals surface area contributed by atoms with Gasteiger partial charge < -0.3 is 4.90 Å². The highest BCUT2D eigenvalue weighted by Crippen LogP contribution is 2.32. The molecule has 2 aromatic carbocycles. The molecule has 0 unspecified atom stereocenters. The highest BCUT2D eigenvalue weighted by molar-refractivity contribution is 7.89. The van der Waals surface area contributed by atoms with Crippen LogP contribution >= 0.6 is 0 Å². The number of sulfonamides is 2. The van der Waals surface area contributed by atoms with Gasteiger partial charge in [0.05, 0.1) is 10.6 Å². The van der Waals surface area contributed by atoms with Crippen LogP contribution in [0.1, 0.15) is 28.4 Å². The van der Waals surface area contributed by atoms with E-state index in [1.165, 1.54) is 18.4 Å². The fourth-order valence-corrected chi connectivity index (χ4v) is 6.51. The molecule has 2 aliphatic rings. The van der Waals surface area contributed by atoms with Crippen molar-refractivity contribution in [3.05, 3.63) is 59.2 Å². The van der Waals surface area contributed by atoms with Crippen LogP contribution in [-0.2, 0) is 33.0 Å². The highest BCUT2D eigenvalue weighted by Gasteiger charge is 2.28. The van der Waals surface area contributed by atoms with E-state index < -0.39 is 20.0 Å². The van der Waals surface area contributed by atoms with Crippen LogP contribution in [0, 0.1) is 0 Å². The minimum Gasteiger partial charge on any atom is -0.308 e. The molecule has 0 spiro atoms. The Labute approximate surface area is 208 Å². The van der Waals surface area contributed by atoms with Gasteiger partial charge in [-0.3, -0.25) is 9.69 Å². The number of fused-ring (bicyclic) bond motifs is 1. The van der Waals surface area contributed by atoms with E-state index in [2.05, 4.69) is 4.90 Å². The Balaban J connectivity index is 1.40. The van der Waals surface area contributed by atoms with Gasteiger partial charge in [-0.05, 0) is 54.8 Å². The molecule has 0 N–H and O–H groups in total. The van der Waals surface area contributed by atoms with Crippen LogP contribution < -0.4 is 4.90 Å². The third kappa shape index (κ3) is 5.29. The van der Waals surface area contributed by atoms with E-state index >= 15 is 0 Å². The lowest BCUT2D eigenvalue weighted by Gasteiger charge is -2.33. The zero-order chi connectivity index (χ0) is 25.4. The third-order valence-electron chi connectivity index (χ3n) is 6.67. The number of hydrogen-bond acceptors (Lipinski definition) is 6. The summed E-state index contributed by atoms with van der Waals surface area (Å²) in [6.45, 7) is 5.22. The van der Waals surface area contributed by atoms with E-state index in [4.69, 9.17) is 0 Å². The van der Waals surface area contributed by atoms with Gasteiger partial charge in [-0.25, -0.2) is 21.1 Å². The quantitative estimate of drug-likeness (QED) is 0.550. The van der Waals surface area contributed by atoms with Crippen LogP contribution in [0.5, 0.6) is 0 Å². The summed E-state index contributed by atoms with van der Waals surface area (Å²) in [5.41, 5.74) is 3.23. The van der Waals surface area contributed by atoms with Gasteiger partial charge in [0.25, 0.3) is 5.91 Å². The smallest absolute Gasteiger partial charge is 0.258 e. The Hall–Kier alpha value is -2.31. The van der Waals surface area contributed by atoms with E-state index in [0.717, 1.165) is 16.8 Å². The number of carbonyl (C=O) groups excluding carboxylic acids is 1. The Morgan fingerprint density at radius 2 is 1.57 bits per heavy atom. The lowest BCUT2D eigenvalue weighted by molar-refractivity contribution is 0.0989. The van der Waals surface area contributed by atoms with E-state index in [1.54, 1.807) is 34.3 Å². The van der Waals surface area contributed by atoms with Crippen LogP contribution in [0.2, 0.25) is 0 Å². The summed E-state index contributed by atoms with van der Waals surface area (Å²) in [7, 11) is -3.67. The fourth-order valence-electron chi connectivity index (χ4n) is 4.48. The number of piperazine rings is 1. The minimum atomic E-state index is -3.52. The predicted molar refractivity (Wildman–Crippen MR) is 135 cm³/mol. The molecule has 0 saturated carbocycles. The van der Waals surface area contributed by atoms with Crippen LogP contribution in [0.4, 0.5) is 5.69 Å². The number of amides is 1. The maximum absolute atomic E-state index is 13.2. The lowest BCUT2D eigenvalue weighted by atomic mass is 10.1. The molecule has 0 atom stereocenters. The molecule has 0 bridgehead atoms. The summed E-state index contributed by atoms with van der Waals surface area (Å²) >= 11 is 0. The predicted octanol–water partition coefficient (Wildman–Crippen LogP) is 1.61. The molecule has 0 radical (unpaired) electrons. The molecule has 0 aromatic heterocycles. The summed E-state index contributed by atoms with van der Waals surface area (Å²) in [5.74, 6) is 0.0113. The SMILES string of the molecule is CCS(=O)(=O)N1CCN(Cc2ccc(C(=O)N3CCc4cc(S(=O)(=O)N(C)C)ccc43)cc2)CC1. The molecule has 1 amide bonds. The van der Waals surface area contributed by atoms with Crippen molar-refractivity contribution in [2.75, 3.05) is 57.5 Å². The Bertz CT molecular complexity index is 1300. The molecule has 35 heavy (non-hydrogen) atoms. The van der Waals surface area contributed by atoms with Crippen molar-refractivity contribution in [1.82, 2.24) is 13.5 Å². The van der Waals surface area contributed by atoms with E-state index in [-0.39, 0.29) is 16.6 Å². The van der Waals surface area contributed by atoms with Crippen molar-refractivity contribution >= 4 is 31.6 Å². The number of nitrogens with zero attached hydrogens (tertiary/aromatic N) is 4. The van der Waals surface area contributed by atoms with Crippen molar-refractivity contribution in [1.29, 1.82) is 0 Å². The van der Waals surface area contributed by atoms with Gasteiger partial charge in [0.2, 0.25) is 20.0 Å². The first kappa shape index (κ1) is 25.8. The van der Waals surface area contributed by atoms with Crippen molar-refractivity contribution in [2.24, 2.45) is 0 Å². The topological polar surface area (TPSA) is 98.3 Å².